The molecule has 0 bridgehead atoms. The number of thioether (sulfide) groups is 1. The highest BCUT2D eigenvalue weighted by atomic mass is 32.2. The number of amides is 1. The molecule has 0 spiro atoms. The average Bonchev–Trinajstić information content (AvgIpc) is 2.68. The summed E-state index contributed by atoms with van der Waals surface area (Å²) in [6.45, 7) is 5.75. The maximum atomic E-state index is 13.3. The molecule has 2 rings (SSSR count). The minimum absolute atomic E-state index is 0.218. The van der Waals surface area contributed by atoms with Gasteiger partial charge in [-0.05, 0) is 69.1 Å². The molecule has 7 heteroatoms. The molecule has 0 aliphatic heterocycles. The molecule has 1 amide bonds. The van der Waals surface area contributed by atoms with Gasteiger partial charge in [0.15, 0.2) is 0 Å². The molecule has 1 aliphatic carbocycles. The Hall–Kier alpha value is -2.25. The third kappa shape index (κ3) is 7.25. The smallest absolute Gasteiger partial charge is 0.211 e. The van der Waals surface area contributed by atoms with Crippen molar-refractivity contribution in [2.24, 2.45) is 10.9 Å². The SMILES string of the molecule is C=N/C(=C\SCc1cc(F)cc(F)c1)CC1/C(C)=C\C=C(/NC=O)CCC1NC. The van der Waals surface area contributed by atoms with Gasteiger partial charge in [-0.1, -0.05) is 11.6 Å². The minimum atomic E-state index is -0.574. The summed E-state index contributed by atoms with van der Waals surface area (Å²) < 4.78 is 26.7. The van der Waals surface area contributed by atoms with Gasteiger partial charge in [0, 0.05) is 35.2 Å². The monoisotopic (exact) mass is 419 g/mol. The van der Waals surface area contributed by atoms with Crippen molar-refractivity contribution in [3.05, 3.63) is 69.9 Å². The van der Waals surface area contributed by atoms with Crippen LogP contribution < -0.4 is 10.6 Å². The fourth-order valence-corrected chi connectivity index (χ4v) is 4.22. The Balaban J connectivity index is 2.10. The molecule has 156 valence electrons. The Morgan fingerprint density at radius 3 is 2.66 bits per heavy atom. The van der Waals surface area contributed by atoms with Crippen LogP contribution in [0, 0.1) is 17.6 Å². The van der Waals surface area contributed by atoms with Crippen molar-refractivity contribution in [3.8, 4) is 0 Å². The van der Waals surface area contributed by atoms with Gasteiger partial charge in [0.1, 0.15) is 11.6 Å². The van der Waals surface area contributed by atoms with Crippen LogP contribution >= 0.6 is 11.8 Å². The molecule has 1 aliphatic rings. The summed E-state index contributed by atoms with van der Waals surface area (Å²) >= 11 is 1.44. The van der Waals surface area contributed by atoms with Crippen LogP contribution in [0.1, 0.15) is 31.7 Å². The Morgan fingerprint density at radius 2 is 2.03 bits per heavy atom. The predicted molar refractivity (Wildman–Crippen MR) is 117 cm³/mol. The summed E-state index contributed by atoms with van der Waals surface area (Å²) in [5, 5.41) is 8.03. The maximum absolute atomic E-state index is 13.3. The largest absolute Gasteiger partial charge is 0.332 e. The molecule has 0 heterocycles. The topological polar surface area (TPSA) is 53.5 Å². The number of benzene rings is 1. The van der Waals surface area contributed by atoms with E-state index in [4.69, 9.17) is 0 Å². The lowest BCUT2D eigenvalue weighted by molar-refractivity contribution is -0.109. The lowest BCUT2D eigenvalue weighted by atomic mass is 9.84. The Morgan fingerprint density at radius 1 is 1.31 bits per heavy atom. The van der Waals surface area contributed by atoms with E-state index in [1.165, 1.54) is 29.5 Å². The van der Waals surface area contributed by atoms with Crippen LogP contribution in [0.2, 0.25) is 0 Å². The fraction of sp³-hybridized carbons (Fsp3) is 0.364. The molecule has 2 atom stereocenters. The molecule has 0 fully saturated rings. The van der Waals surface area contributed by atoms with Gasteiger partial charge < -0.3 is 10.6 Å². The van der Waals surface area contributed by atoms with E-state index < -0.39 is 11.6 Å². The van der Waals surface area contributed by atoms with Crippen LogP contribution in [0.15, 0.2) is 57.7 Å². The van der Waals surface area contributed by atoms with Crippen LogP contribution in [-0.4, -0.2) is 26.2 Å². The highest BCUT2D eigenvalue weighted by Gasteiger charge is 2.24. The summed E-state index contributed by atoms with van der Waals surface area (Å²) in [5.41, 5.74) is 3.50. The van der Waals surface area contributed by atoms with E-state index in [2.05, 4.69) is 29.3 Å². The van der Waals surface area contributed by atoms with Crippen LogP contribution in [0.25, 0.3) is 0 Å². The molecule has 0 saturated heterocycles. The van der Waals surface area contributed by atoms with Gasteiger partial charge in [-0.15, -0.1) is 11.8 Å². The molecule has 0 saturated carbocycles. The number of carbonyl (C=O) groups is 1. The first-order valence-electron chi connectivity index (χ1n) is 9.44. The van der Waals surface area contributed by atoms with Crippen molar-refractivity contribution < 1.29 is 13.6 Å². The number of hydrogen-bond donors (Lipinski definition) is 2. The minimum Gasteiger partial charge on any atom is -0.332 e. The molecule has 0 radical (unpaired) electrons. The van der Waals surface area contributed by atoms with Gasteiger partial charge in [-0.2, -0.15) is 0 Å². The van der Waals surface area contributed by atoms with Gasteiger partial charge >= 0.3 is 0 Å². The van der Waals surface area contributed by atoms with Crippen molar-refractivity contribution in [2.75, 3.05) is 7.05 Å². The quantitative estimate of drug-likeness (QED) is 0.450. The van der Waals surface area contributed by atoms with Crippen molar-refractivity contribution in [3.63, 3.8) is 0 Å². The first kappa shape index (κ1) is 23.0. The summed E-state index contributed by atoms with van der Waals surface area (Å²) in [6, 6.07) is 3.75. The third-order valence-corrected chi connectivity index (χ3v) is 5.92. The summed E-state index contributed by atoms with van der Waals surface area (Å²) in [5.74, 6) is -0.477. The number of nitrogens with one attached hydrogen (secondary N) is 2. The van der Waals surface area contributed by atoms with Crippen LogP contribution in [0.3, 0.4) is 0 Å². The number of nitrogens with zero attached hydrogens (tertiary/aromatic N) is 1. The highest BCUT2D eigenvalue weighted by Crippen LogP contribution is 2.30. The number of hydrogen-bond acceptors (Lipinski definition) is 4. The first-order chi connectivity index (χ1) is 14.0. The predicted octanol–water partition coefficient (Wildman–Crippen LogP) is 4.70. The van der Waals surface area contributed by atoms with Crippen LogP contribution in [0.5, 0.6) is 0 Å². The molecular weight excluding hydrogens is 392 g/mol. The van der Waals surface area contributed by atoms with Crippen molar-refractivity contribution in [1.82, 2.24) is 10.6 Å². The van der Waals surface area contributed by atoms with E-state index in [0.29, 0.717) is 24.1 Å². The van der Waals surface area contributed by atoms with E-state index >= 15 is 0 Å². The van der Waals surface area contributed by atoms with E-state index in [1.54, 1.807) is 0 Å². The normalized spacial score (nSPS) is 23.8. The van der Waals surface area contributed by atoms with E-state index in [0.717, 1.165) is 30.3 Å². The van der Waals surface area contributed by atoms with Crippen molar-refractivity contribution in [1.29, 1.82) is 0 Å². The maximum Gasteiger partial charge on any atom is 0.211 e. The average molecular weight is 420 g/mol. The standard InChI is InChI=1S/C22H27F2N3OS/c1-15-4-5-19(27-14-28)6-7-22(26-3)21(15)11-20(25-2)13-29-12-16-8-17(23)10-18(24)9-16/h4-5,8-10,13-14,21-22,26H,2,6-7,11-12H2,1,3H3,(H,27,28)/b15-4-,19-5-,20-13-. The van der Waals surface area contributed by atoms with Crippen molar-refractivity contribution >= 4 is 24.9 Å². The molecule has 2 N–H and O–H groups in total. The number of carbonyl (C=O) groups excluding carboxylic acids is 1. The zero-order valence-electron chi connectivity index (χ0n) is 16.8. The Labute approximate surface area is 175 Å². The van der Waals surface area contributed by atoms with Gasteiger partial charge in [-0.3, -0.25) is 9.79 Å². The molecule has 4 nitrogen and oxygen atoms in total. The van der Waals surface area contributed by atoms with Gasteiger partial charge in [0.2, 0.25) is 6.41 Å². The second-order valence-electron chi connectivity index (χ2n) is 6.97. The lowest BCUT2D eigenvalue weighted by Crippen LogP contribution is -2.35. The molecule has 0 aromatic heterocycles. The second-order valence-corrected chi connectivity index (χ2v) is 7.82. The van der Waals surface area contributed by atoms with Gasteiger partial charge in [0.05, 0.1) is 0 Å². The van der Waals surface area contributed by atoms with Gasteiger partial charge in [0.25, 0.3) is 0 Å². The Bertz CT molecular complexity index is 800. The highest BCUT2D eigenvalue weighted by molar-refractivity contribution is 8.01. The van der Waals surface area contributed by atoms with E-state index in [-0.39, 0.29) is 12.0 Å². The fourth-order valence-electron chi connectivity index (χ4n) is 3.42. The Kier molecular flexibility index (Phi) is 9.28. The van der Waals surface area contributed by atoms with Crippen LogP contribution in [-0.2, 0) is 10.5 Å². The third-order valence-electron chi connectivity index (χ3n) is 4.98. The first-order valence-corrected chi connectivity index (χ1v) is 10.5. The number of halogens is 2. The molecular formula is C22H27F2N3OS. The zero-order valence-corrected chi connectivity index (χ0v) is 17.6. The molecule has 2 unspecified atom stereocenters. The van der Waals surface area contributed by atoms with Crippen molar-refractivity contribution in [2.45, 2.75) is 38.0 Å². The van der Waals surface area contributed by atoms with E-state index in [9.17, 15) is 13.6 Å². The molecule has 1 aromatic rings. The number of aliphatic imine (C=N–C) groups is 1. The van der Waals surface area contributed by atoms with Gasteiger partial charge in [-0.25, -0.2) is 8.78 Å². The molecule has 1 aromatic carbocycles. The van der Waals surface area contributed by atoms with Crippen LogP contribution in [0.4, 0.5) is 8.78 Å². The number of allylic oxidation sites excluding steroid dienone is 4. The van der Waals surface area contributed by atoms with E-state index in [1.807, 2.05) is 24.6 Å². The lowest BCUT2D eigenvalue weighted by Gasteiger charge is -2.29. The summed E-state index contributed by atoms with van der Waals surface area (Å²) in [7, 11) is 1.93. The summed E-state index contributed by atoms with van der Waals surface area (Å²) in [6.07, 6.45) is 7.02. The number of rotatable bonds is 9. The summed E-state index contributed by atoms with van der Waals surface area (Å²) in [4.78, 5) is 14.9. The molecule has 29 heavy (non-hydrogen) atoms. The zero-order chi connectivity index (χ0) is 21.2. The second kappa shape index (κ2) is 11.7.